The van der Waals surface area contributed by atoms with Crippen molar-refractivity contribution in [2.75, 3.05) is 17.5 Å². The lowest BCUT2D eigenvalue weighted by atomic mass is 10.1. The van der Waals surface area contributed by atoms with Gasteiger partial charge in [0.1, 0.15) is 13.2 Å². The zero-order valence-electron chi connectivity index (χ0n) is 16.5. The van der Waals surface area contributed by atoms with Crippen LogP contribution in [0.1, 0.15) is 16.7 Å². The Morgan fingerprint density at radius 1 is 0.793 bits per heavy atom. The van der Waals surface area contributed by atoms with Crippen LogP contribution in [0.25, 0.3) is 0 Å². The normalized spacial score (nSPS) is 13.2. The minimum absolute atomic E-state index is 0.175. The van der Waals surface area contributed by atoms with Crippen LogP contribution < -0.4 is 13.8 Å². The first-order valence-corrected chi connectivity index (χ1v) is 10.9. The van der Waals surface area contributed by atoms with Crippen LogP contribution in [0.3, 0.4) is 0 Å². The lowest BCUT2D eigenvalue weighted by Crippen LogP contribution is -2.30. The van der Waals surface area contributed by atoms with Crippen molar-refractivity contribution in [3.05, 3.63) is 83.4 Å². The third-order valence-electron chi connectivity index (χ3n) is 4.87. The van der Waals surface area contributed by atoms with Gasteiger partial charge in [0, 0.05) is 6.07 Å². The Bertz CT molecular complexity index is 1110. The SMILES string of the molecule is Cc1ccc(CN(c2ccc(C)cc2)S(=O)(=O)c2ccc3c(c2)OCCO3)cc1. The summed E-state index contributed by atoms with van der Waals surface area (Å²) >= 11 is 0. The molecule has 1 aliphatic rings. The highest BCUT2D eigenvalue weighted by molar-refractivity contribution is 7.92. The first-order valence-electron chi connectivity index (χ1n) is 9.48. The van der Waals surface area contributed by atoms with E-state index in [1.807, 2.05) is 62.4 Å². The van der Waals surface area contributed by atoms with E-state index < -0.39 is 10.0 Å². The van der Waals surface area contributed by atoms with Gasteiger partial charge < -0.3 is 9.47 Å². The zero-order valence-corrected chi connectivity index (χ0v) is 17.3. The zero-order chi connectivity index (χ0) is 20.4. The Hall–Kier alpha value is -2.99. The fourth-order valence-corrected chi connectivity index (χ4v) is 4.67. The predicted molar refractivity (Wildman–Crippen MR) is 113 cm³/mol. The number of aryl methyl sites for hydroxylation is 2. The van der Waals surface area contributed by atoms with Gasteiger partial charge in [0.2, 0.25) is 0 Å². The molecule has 0 aromatic heterocycles. The summed E-state index contributed by atoms with van der Waals surface area (Å²) in [7, 11) is -3.81. The molecular weight excluding hydrogens is 386 g/mol. The van der Waals surface area contributed by atoms with Gasteiger partial charge in [-0.2, -0.15) is 0 Å². The number of nitrogens with zero attached hydrogens (tertiary/aromatic N) is 1. The molecular formula is C23H23NO4S. The highest BCUT2D eigenvalue weighted by Crippen LogP contribution is 2.34. The molecule has 6 heteroatoms. The van der Waals surface area contributed by atoms with Crippen LogP contribution >= 0.6 is 0 Å². The van der Waals surface area contributed by atoms with Crippen molar-refractivity contribution in [1.82, 2.24) is 0 Å². The van der Waals surface area contributed by atoms with E-state index in [1.54, 1.807) is 18.2 Å². The molecule has 3 aromatic rings. The van der Waals surface area contributed by atoms with Gasteiger partial charge in [-0.3, -0.25) is 4.31 Å². The van der Waals surface area contributed by atoms with Gasteiger partial charge in [-0.15, -0.1) is 0 Å². The minimum Gasteiger partial charge on any atom is -0.486 e. The van der Waals surface area contributed by atoms with Gasteiger partial charge in [-0.1, -0.05) is 47.5 Å². The Kier molecular flexibility index (Phi) is 5.20. The molecule has 0 saturated heterocycles. The largest absolute Gasteiger partial charge is 0.486 e. The number of ether oxygens (including phenoxy) is 2. The molecule has 0 radical (unpaired) electrons. The second-order valence-electron chi connectivity index (χ2n) is 7.14. The third-order valence-corrected chi connectivity index (χ3v) is 6.64. The summed E-state index contributed by atoms with van der Waals surface area (Å²) in [5.41, 5.74) is 3.73. The van der Waals surface area contributed by atoms with Crippen LogP contribution in [-0.4, -0.2) is 21.6 Å². The molecule has 3 aromatic carbocycles. The average molecular weight is 410 g/mol. The number of rotatable bonds is 5. The molecule has 0 unspecified atom stereocenters. The molecule has 5 nitrogen and oxygen atoms in total. The van der Waals surface area contributed by atoms with Crippen molar-refractivity contribution in [3.8, 4) is 11.5 Å². The summed E-state index contributed by atoms with van der Waals surface area (Å²) in [6.07, 6.45) is 0. The maximum Gasteiger partial charge on any atom is 0.264 e. The molecule has 4 rings (SSSR count). The molecule has 150 valence electrons. The van der Waals surface area contributed by atoms with E-state index >= 15 is 0 Å². The average Bonchev–Trinajstić information content (AvgIpc) is 2.73. The molecule has 0 aliphatic carbocycles. The van der Waals surface area contributed by atoms with Crippen LogP contribution in [0.15, 0.2) is 71.6 Å². The maximum absolute atomic E-state index is 13.6. The van der Waals surface area contributed by atoms with Crippen LogP contribution in [0.2, 0.25) is 0 Å². The van der Waals surface area contributed by atoms with Gasteiger partial charge in [-0.05, 0) is 43.7 Å². The number of hydrogen-bond acceptors (Lipinski definition) is 4. The van der Waals surface area contributed by atoms with E-state index in [0.717, 1.165) is 16.7 Å². The van der Waals surface area contributed by atoms with Gasteiger partial charge in [0.25, 0.3) is 10.0 Å². The summed E-state index contributed by atoms with van der Waals surface area (Å²) in [4.78, 5) is 0.175. The van der Waals surface area contributed by atoms with E-state index in [1.165, 1.54) is 4.31 Å². The van der Waals surface area contributed by atoms with Gasteiger partial charge in [-0.25, -0.2) is 8.42 Å². The second kappa shape index (κ2) is 7.79. The van der Waals surface area contributed by atoms with Crippen molar-refractivity contribution >= 4 is 15.7 Å². The molecule has 0 N–H and O–H groups in total. The molecule has 1 heterocycles. The molecule has 0 bridgehead atoms. The summed E-state index contributed by atoms with van der Waals surface area (Å²) < 4.78 is 39.7. The molecule has 0 fully saturated rings. The van der Waals surface area contributed by atoms with E-state index in [0.29, 0.717) is 30.4 Å². The second-order valence-corrected chi connectivity index (χ2v) is 9.00. The highest BCUT2D eigenvalue weighted by Gasteiger charge is 2.27. The molecule has 29 heavy (non-hydrogen) atoms. The maximum atomic E-state index is 13.6. The van der Waals surface area contributed by atoms with Crippen molar-refractivity contribution in [2.24, 2.45) is 0 Å². The van der Waals surface area contributed by atoms with E-state index in [-0.39, 0.29) is 11.4 Å². The number of benzene rings is 3. The Morgan fingerprint density at radius 2 is 1.38 bits per heavy atom. The summed E-state index contributed by atoms with van der Waals surface area (Å²) in [6, 6.07) is 20.1. The summed E-state index contributed by atoms with van der Waals surface area (Å²) in [6.45, 7) is 5.08. The van der Waals surface area contributed by atoms with Crippen molar-refractivity contribution in [3.63, 3.8) is 0 Å². The first kappa shape index (κ1) is 19.3. The Morgan fingerprint density at radius 3 is 2.03 bits per heavy atom. The topological polar surface area (TPSA) is 55.8 Å². The predicted octanol–water partition coefficient (Wildman–Crippen LogP) is 4.47. The van der Waals surface area contributed by atoms with Crippen LogP contribution in [-0.2, 0) is 16.6 Å². The molecule has 0 spiro atoms. The van der Waals surface area contributed by atoms with Crippen LogP contribution in [0.5, 0.6) is 11.5 Å². The lowest BCUT2D eigenvalue weighted by Gasteiger charge is -2.26. The number of anilines is 1. The summed E-state index contributed by atoms with van der Waals surface area (Å²) in [5.74, 6) is 1.02. The smallest absolute Gasteiger partial charge is 0.264 e. The van der Waals surface area contributed by atoms with Crippen LogP contribution in [0, 0.1) is 13.8 Å². The lowest BCUT2D eigenvalue weighted by molar-refractivity contribution is 0.171. The molecule has 0 atom stereocenters. The molecule has 1 aliphatic heterocycles. The Balaban J connectivity index is 1.76. The van der Waals surface area contributed by atoms with Crippen molar-refractivity contribution in [1.29, 1.82) is 0 Å². The number of hydrogen-bond donors (Lipinski definition) is 0. The standard InChI is InChI=1S/C23H23NO4S/c1-17-3-7-19(8-4-17)16-24(20-9-5-18(2)6-10-20)29(25,26)21-11-12-22-23(15-21)28-14-13-27-22/h3-12,15H,13-14,16H2,1-2H3. The third kappa shape index (κ3) is 4.07. The van der Waals surface area contributed by atoms with E-state index in [2.05, 4.69) is 0 Å². The number of sulfonamides is 1. The van der Waals surface area contributed by atoms with Crippen LogP contribution in [0.4, 0.5) is 5.69 Å². The molecule has 0 amide bonds. The highest BCUT2D eigenvalue weighted by atomic mass is 32.2. The van der Waals surface area contributed by atoms with E-state index in [4.69, 9.17) is 9.47 Å². The quantitative estimate of drug-likeness (QED) is 0.624. The monoisotopic (exact) mass is 409 g/mol. The summed E-state index contributed by atoms with van der Waals surface area (Å²) in [5, 5.41) is 0. The van der Waals surface area contributed by atoms with Gasteiger partial charge in [0.05, 0.1) is 17.1 Å². The van der Waals surface area contributed by atoms with Crippen molar-refractivity contribution in [2.45, 2.75) is 25.3 Å². The fourth-order valence-electron chi connectivity index (χ4n) is 3.20. The van der Waals surface area contributed by atoms with Gasteiger partial charge >= 0.3 is 0 Å². The number of fused-ring (bicyclic) bond motifs is 1. The Labute approximate surface area is 171 Å². The molecule has 0 saturated carbocycles. The minimum atomic E-state index is -3.81. The van der Waals surface area contributed by atoms with Gasteiger partial charge in [0.15, 0.2) is 11.5 Å². The van der Waals surface area contributed by atoms with Crippen molar-refractivity contribution < 1.29 is 17.9 Å². The fraction of sp³-hybridized carbons (Fsp3) is 0.217. The van der Waals surface area contributed by atoms with E-state index in [9.17, 15) is 8.42 Å². The first-order chi connectivity index (χ1) is 13.9.